The average Bonchev–Trinajstić information content (AvgIpc) is 2.89. The maximum Gasteiger partial charge on any atom is 0.363 e. The Hall–Kier alpha value is -2.88. The van der Waals surface area contributed by atoms with E-state index in [0.29, 0.717) is 11.6 Å². The number of esters is 1. The van der Waals surface area contributed by atoms with Crippen molar-refractivity contribution < 1.29 is 14.3 Å². The number of methoxy groups -OCH3 is 1. The SMILES string of the molecule is COc1ccc(/C=C2\N=C(c3cccc(C)c3)OC2=O)cc1C. The van der Waals surface area contributed by atoms with Gasteiger partial charge in [-0.25, -0.2) is 9.79 Å². The van der Waals surface area contributed by atoms with E-state index in [0.717, 1.165) is 28.0 Å². The molecule has 2 aromatic carbocycles. The molecule has 4 heteroatoms. The van der Waals surface area contributed by atoms with Crippen LogP contribution in [-0.2, 0) is 9.53 Å². The third-order valence-electron chi connectivity index (χ3n) is 3.61. The Morgan fingerprint density at radius 1 is 1.13 bits per heavy atom. The highest BCUT2D eigenvalue weighted by Gasteiger charge is 2.24. The number of carbonyl (C=O) groups is 1. The van der Waals surface area contributed by atoms with Crippen LogP contribution in [0.25, 0.3) is 6.08 Å². The predicted octanol–water partition coefficient (Wildman–Crippen LogP) is 3.66. The van der Waals surface area contributed by atoms with Crippen LogP contribution in [0.3, 0.4) is 0 Å². The molecule has 23 heavy (non-hydrogen) atoms. The summed E-state index contributed by atoms with van der Waals surface area (Å²) in [6.07, 6.45) is 1.72. The Balaban J connectivity index is 1.93. The second kappa shape index (κ2) is 6.08. The summed E-state index contributed by atoms with van der Waals surface area (Å²) in [5, 5.41) is 0. The van der Waals surface area contributed by atoms with E-state index >= 15 is 0 Å². The summed E-state index contributed by atoms with van der Waals surface area (Å²) >= 11 is 0. The molecule has 0 fully saturated rings. The number of hydrogen-bond acceptors (Lipinski definition) is 4. The molecule has 0 radical (unpaired) electrons. The second-order valence-electron chi connectivity index (χ2n) is 5.43. The molecule has 2 aromatic rings. The summed E-state index contributed by atoms with van der Waals surface area (Å²) < 4.78 is 10.5. The van der Waals surface area contributed by atoms with E-state index in [9.17, 15) is 4.79 Å². The first kappa shape index (κ1) is 15.0. The van der Waals surface area contributed by atoms with E-state index in [1.807, 2.05) is 56.3 Å². The molecule has 3 rings (SSSR count). The van der Waals surface area contributed by atoms with Gasteiger partial charge < -0.3 is 9.47 Å². The summed E-state index contributed by atoms with van der Waals surface area (Å²) in [5.74, 6) is 0.718. The number of ether oxygens (including phenoxy) is 2. The fraction of sp³-hybridized carbons (Fsp3) is 0.158. The number of carbonyl (C=O) groups excluding carboxylic acids is 1. The van der Waals surface area contributed by atoms with Gasteiger partial charge in [0.1, 0.15) is 5.75 Å². The van der Waals surface area contributed by atoms with E-state index in [2.05, 4.69) is 4.99 Å². The van der Waals surface area contributed by atoms with Gasteiger partial charge in [0.15, 0.2) is 5.70 Å². The summed E-state index contributed by atoms with van der Waals surface area (Å²) in [5.41, 5.74) is 4.06. The molecule has 0 aliphatic carbocycles. The molecular formula is C19H17NO3. The Bertz CT molecular complexity index is 834. The highest BCUT2D eigenvalue weighted by atomic mass is 16.6. The molecule has 0 spiro atoms. The third kappa shape index (κ3) is 3.16. The molecule has 0 saturated carbocycles. The monoisotopic (exact) mass is 307 g/mol. The fourth-order valence-corrected chi connectivity index (χ4v) is 2.46. The van der Waals surface area contributed by atoms with E-state index in [1.165, 1.54) is 0 Å². The van der Waals surface area contributed by atoms with Crippen LogP contribution in [0.15, 0.2) is 53.2 Å². The molecule has 0 atom stereocenters. The van der Waals surface area contributed by atoms with Crippen molar-refractivity contribution in [3.8, 4) is 5.75 Å². The topological polar surface area (TPSA) is 47.9 Å². The number of nitrogens with zero attached hydrogens (tertiary/aromatic N) is 1. The van der Waals surface area contributed by atoms with Gasteiger partial charge in [-0.3, -0.25) is 0 Å². The molecule has 0 N–H and O–H groups in total. The van der Waals surface area contributed by atoms with Crippen molar-refractivity contribution in [2.24, 2.45) is 4.99 Å². The van der Waals surface area contributed by atoms with Crippen LogP contribution in [0, 0.1) is 13.8 Å². The summed E-state index contributed by atoms with van der Waals surface area (Å²) in [7, 11) is 1.63. The van der Waals surface area contributed by atoms with Gasteiger partial charge in [0, 0.05) is 5.56 Å². The van der Waals surface area contributed by atoms with Crippen LogP contribution < -0.4 is 4.74 Å². The minimum Gasteiger partial charge on any atom is -0.496 e. The second-order valence-corrected chi connectivity index (χ2v) is 5.43. The van der Waals surface area contributed by atoms with E-state index in [1.54, 1.807) is 13.2 Å². The number of aryl methyl sites for hydroxylation is 2. The number of benzene rings is 2. The van der Waals surface area contributed by atoms with E-state index in [4.69, 9.17) is 9.47 Å². The lowest BCUT2D eigenvalue weighted by atomic mass is 10.1. The van der Waals surface area contributed by atoms with Crippen molar-refractivity contribution in [1.82, 2.24) is 0 Å². The van der Waals surface area contributed by atoms with Gasteiger partial charge in [-0.05, 0) is 55.3 Å². The third-order valence-corrected chi connectivity index (χ3v) is 3.61. The Morgan fingerprint density at radius 2 is 1.96 bits per heavy atom. The number of aliphatic imine (C=N–C) groups is 1. The minimum absolute atomic E-state index is 0.297. The predicted molar refractivity (Wildman–Crippen MR) is 89.5 cm³/mol. The van der Waals surface area contributed by atoms with E-state index < -0.39 is 5.97 Å². The molecule has 1 aliphatic heterocycles. The van der Waals surface area contributed by atoms with Gasteiger partial charge in [-0.1, -0.05) is 23.8 Å². The van der Waals surface area contributed by atoms with Gasteiger partial charge >= 0.3 is 5.97 Å². The van der Waals surface area contributed by atoms with Crippen LogP contribution in [0.1, 0.15) is 22.3 Å². The normalized spacial score (nSPS) is 15.5. The Morgan fingerprint density at radius 3 is 2.65 bits per heavy atom. The zero-order valence-corrected chi connectivity index (χ0v) is 13.3. The number of cyclic esters (lactones) is 1. The van der Waals surface area contributed by atoms with Crippen molar-refractivity contribution in [2.45, 2.75) is 13.8 Å². The summed E-state index contributed by atoms with van der Waals surface area (Å²) in [4.78, 5) is 16.3. The quantitative estimate of drug-likeness (QED) is 0.642. The van der Waals surface area contributed by atoms with Crippen molar-refractivity contribution in [3.63, 3.8) is 0 Å². The molecule has 0 unspecified atom stereocenters. The van der Waals surface area contributed by atoms with E-state index in [-0.39, 0.29) is 0 Å². The van der Waals surface area contributed by atoms with Crippen molar-refractivity contribution in [1.29, 1.82) is 0 Å². The maximum absolute atomic E-state index is 12.0. The minimum atomic E-state index is -0.435. The highest BCUT2D eigenvalue weighted by Crippen LogP contribution is 2.23. The van der Waals surface area contributed by atoms with Gasteiger partial charge in [0.05, 0.1) is 7.11 Å². The van der Waals surface area contributed by atoms with Gasteiger partial charge in [0.2, 0.25) is 5.90 Å². The van der Waals surface area contributed by atoms with Crippen molar-refractivity contribution >= 4 is 17.9 Å². The molecule has 0 bridgehead atoms. The number of rotatable bonds is 3. The van der Waals surface area contributed by atoms with Crippen LogP contribution in [0.4, 0.5) is 0 Å². The first-order valence-corrected chi connectivity index (χ1v) is 7.31. The standard InChI is InChI=1S/C19H17NO3/c1-12-5-4-6-15(9-12)18-20-16(19(21)23-18)11-14-7-8-17(22-3)13(2)10-14/h4-11H,1-3H3/b16-11-. The molecule has 0 amide bonds. The van der Waals surface area contributed by atoms with Gasteiger partial charge in [0.25, 0.3) is 0 Å². The van der Waals surface area contributed by atoms with Gasteiger partial charge in [-0.2, -0.15) is 0 Å². The summed E-state index contributed by atoms with van der Waals surface area (Å²) in [6, 6.07) is 13.4. The van der Waals surface area contributed by atoms with Crippen molar-refractivity contribution in [3.05, 3.63) is 70.4 Å². The molecule has 1 heterocycles. The average molecular weight is 307 g/mol. The molecular weight excluding hydrogens is 290 g/mol. The zero-order valence-electron chi connectivity index (χ0n) is 13.3. The lowest BCUT2D eigenvalue weighted by Crippen LogP contribution is -2.05. The molecule has 0 saturated heterocycles. The van der Waals surface area contributed by atoms with Crippen molar-refractivity contribution in [2.75, 3.05) is 7.11 Å². The highest BCUT2D eigenvalue weighted by molar-refractivity contribution is 6.12. The first-order valence-electron chi connectivity index (χ1n) is 7.31. The molecule has 1 aliphatic rings. The Labute approximate surface area is 135 Å². The smallest absolute Gasteiger partial charge is 0.363 e. The lowest BCUT2D eigenvalue weighted by Gasteiger charge is -2.04. The first-order chi connectivity index (χ1) is 11.1. The van der Waals surface area contributed by atoms with Crippen LogP contribution in [0.2, 0.25) is 0 Å². The summed E-state index contributed by atoms with van der Waals surface area (Å²) in [6.45, 7) is 3.94. The van der Waals surface area contributed by atoms with Crippen LogP contribution >= 0.6 is 0 Å². The van der Waals surface area contributed by atoms with Crippen LogP contribution in [0.5, 0.6) is 5.75 Å². The van der Waals surface area contributed by atoms with Gasteiger partial charge in [-0.15, -0.1) is 0 Å². The molecule has 116 valence electrons. The zero-order chi connectivity index (χ0) is 16.4. The molecule has 4 nitrogen and oxygen atoms in total. The number of hydrogen-bond donors (Lipinski definition) is 0. The fourth-order valence-electron chi connectivity index (χ4n) is 2.46. The van der Waals surface area contributed by atoms with Crippen LogP contribution in [-0.4, -0.2) is 19.0 Å². The Kier molecular flexibility index (Phi) is 3.98. The maximum atomic E-state index is 12.0. The largest absolute Gasteiger partial charge is 0.496 e. The lowest BCUT2D eigenvalue weighted by molar-refractivity contribution is -0.129. The molecule has 0 aromatic heterocycles.